The summed E-state index contributed by atoms with van der Waals surface area (Å²) in [6.45, 7) is 1.98. The Morgan fingerprint density at radius 3 is 2.70 bits per heavy atom. The van der Waals surface area contributed by atoms with Crippen molar-refractivity contribution in [2.24, 2.45) is 0 Å². The molecule has 0 amide bonds. The topological polar surface area (TPSA) is 80.5 Å². The van der Waals surface area contributed by atoms with Gasteiger partial charge >= 0.3 is 0 Å². The second-order valence-corrected chi connectivity index (χ2v) is 4.61. The van der Waals surface area contributed by atoms with Crippen molar-refractivity contribution in [3.05, 3.63) is 47.7 Å². The highest BCUT2D eigenvalue weighted by Crippen LogP contribution is 2.23. The van der Waals surface area contributed by atoms with E-state index in [4.69, 9.17) is 11.0 Å². The fourth-order valence-electron chi connectivity index (χ4n) is 2.22. The van der Waals surface area contributed by atoms with Crippen LogP contribution in [0.2, 0.25) is 0 Å². The minimum Gasteiger partial charge on any atom is -0.369 e. The molecule has 0 saturated carbocycles. The molecule has 98 valence electrons. The lowest BCUT2D eigenvalue weighted by Gasteiger charge is -2.06. The molecule has 5 heteroatoms. The van der Waals surface area contributed by atoms with Gasteiger partial charge in [-0.15, -0.1) is 0 Å². The molecule has 0 spiro atoms. The number of imidazole rings is 1. The van der Waals surface area contributed by atoms with Crippen molar-refractivity contribution in [3.8, 4) is 11.8 Å². The van der Waals surface area contributed by atoms with Gasteiger partial charge in [0.25, 0.3) is 0 Å². The SMILES string of the molecule is Cc1ccnc2c1nc(N)n2-c1ccc(CC#N)cc1. The minimum atomic E-state index is 0.401. The number of hydrogen-bond donors (Lipinski definition) is 1. The van der Waals surface area contributed by atoms with Gasteiger partial charge in [0.05, 0.1) is 18.2 Å². The summed E-state index contributed by atoms with van der Waals surface area (Å²) in [7, 11) is 0. The predicted molar refractivity (Wildman–Crippen MR) is 77.3 cm³/mol. The van der Waals surface area contributed by atoms with Crippen LogP contribution in [0.15, 0.2) is 36.5 Å². The van der Waals surface area contributed by atoms with Crippen LogP contribution < -0.4 is 5.73 Å². The first kappa shape index (κ1) is 12.2. The van der Waals surface area contributed by atoms with Gasteiger partial charge in [-0.2, -0.15) is 5.26 Å². The number of nitrogen functional groups attached to an aromatic ring is 1. The van der Waals surface area contributed by atoms with E-state index < -0.39 is 0 Å². The quantitative estimate of drug-likeness (QED) is 0.769. The molecule has 20 heavy (non-hydrogen) atoms. The zero-order chi connectivity index (χ0) is 14.1. The van der Waals surface area contributed by atoms with Crippen molar-refractivity contribution in [2.75, 3.05) is 5.73 Å². The number of pyridine rings is 1. The molecule has 2 heterocycles. The normalized spacial score (nSPS) is 10.6. The lowest BCUT2D eigenvalue weighted by molar-refractivity contribution is 1.08. The summed E-state index contributed by atoms with van der Waals surface area (Å²) in [5.41, 5.74) is 10.5. The molecule has 0 fully saturated rings. The summed E-state index contributed by atoms with van der Waals surface area (Å²) in [5.74, 6) is 0.412. The molecule has 0 atom stereocenters. The Labute approximate surface area is 116 Å². The molecule has 2 N–H and O–H groups in total. The molecule has 0 radical (unpaired) electrons. The number of rotatable bonds is 2. The number of aryl methyl sites for hydroxylation is 1. The van der Waals surface area contributed by atoms with Gasteiger partial charge in [-0.25, -0.2) is 9.97 Å². The molecule has 0 saturated heterocycles. The van der Waals surface area contributed by atoms with Crippen LogP contribution in [0.4, 0.5) is 5.95 Å². The van der Waals surface area contributed by atoms with Crippen molar-refractivity contribution >= 4 is 17.1 Å². The third-order valence-electron chi connectivity index (χ3n) is 3.25. The van der Waals surface area contributed by atoms with Crippen molar-refractivity contribution in [1.82, 2.24) is 14.5 Å². The Morgan fingerprint density at radius 2 is 2.00 bits per heavy atom. The largest absolute Gasteiger partial charge is 0.369 e. The van der Waals surface area contributed by atoms with E-state index in [9.17, 15) is 0 Å². The zero-order valence-corrected chi connectivity index (χ0v) is 11.0. The van der Waals surface area contributed by atoms with E-state index in [2.05, 4.69) is 16.0 Å². The lowest BCUT2D eigenvalue weighted by Crippen LogP contribution is -2.01. The van der Waals surface area contributed by atoms with Gasteiger partial charge in [-0.3, -0.25) is 4.57 Å². The summed E-state index contributed by atoms with van der Waals surface area (Å²) in [5, 5.41) is 8.69. The van der Waals surface area contributed by atoms with E-state index in [1.807, 2.05) is 41.8 Å². The standard InChI is InChI=1S/C15H13N5/c1-10-7-9-18-14-13(10)19-15(17)20(14)12-4-2-11(3-5-12)6-8-16/h2-5,7,9H,6H2,1H3,(H2,17,19). The maximum absolute atomic E-state index is 8.69. The number of benzene rings is 1. The van der Waals surface area contributed by atoms with E-state index in [0.717, 1.165) is 28.0 Å². The van der Waals surface area contributed by atoms with Crippen LogP contribution in [0.25, 0.3) is 16.9 Å². The maximum atomic E-state index is 8.69. The van der Waals surface area contributed by atoms with E-state index in [1.165, 1.54) is 0 Å². The number of aromatic nitrogens is 3. The van der Waals surface area contributed by atoms with Gasteiger partial charge < -0.3 is 5.73 Å². The Morgan fingerprint density at radius 1 is 1.25 bits per heavy atom. The van der Waals surface area contributed by atoms with Gasteiger partial charge in [0.15, 0.2) is 5.65 Å². The molecule has 0 aliphatic carbocycles. The molecule has 5 nitrogen and oxygen atoms in total. The fraction of sp³-hybridized carbons (Fsp3) is 0.133. The molecule has 0 bridgehead atoms. The van der Waals surface area contributed by atoms with Gasteiger partial charge in [-0.1, -0.05) is 12.1 Å². The van der Waals surface area contributed by atoms with Gasteiger partial charge in [0.1, 0.15) is 5.52 Å². The van der Waals surface area contributed by atoms with Crippen LogP contribution >= 0.6 is 0 Å². The number of nitrogens with two attached hydrogens (primary N) is 1. The maximum Gasteiger partial charge on any atom is 0.207 e. The second-order valence-electron chi connectivity index (χ2n) is 4.61. The summed E-state index contributed by atoms with van der Waals surface area (Å²) >= 11 is 0. The molecular weight excluding hydrogens is 250 g/mol. The van der Waals surface area contributed by atoms with Crippen LogP contribution in [0.1, 0.15) is 11.1 Å². The Balaban J connectivity index is 2.17. The lowest BCUT2D eigenvalue weighted by atomic mass is 10.1. The van der Waals surface area contributed by atoms with Crippen LogP contribution in [0.3, 0.4) is 0 Å². The smallest absolute Gasteiger partial charge is 0.207 e. The zero-order valence-electron chi connectivity index (χ0n) is 11.0. The first-order valence-electron chi connectivity index (χ1n) is 6.26. The van der Waals surface area contributed by atoms with Crippen molar-refractivity contribution in [3.63, 3.8) is 0 Å². The van der Waals surface area contributed by atoms with Crippen molar-refractivity contribution in [2.45, 2.75) is 13.3 Å². The second kappa shape index (κ2) is 4.67. The van der Waals surface area contributed by atoms with Gasteiger partial charge in [0.2, 0.25) is 5.95 Å². The molecule has 0 aliphatic rings. The fourth-order valence-corrected chi connectivity index (χ4v) is 2.22. The van der Waals surface area contributed by atoms with E-state index in [1.54, 1.807) is 6.20 Å². The monoisotopic (exact) mass is 263 g/mol. The minimum absolute atomic E-state index is 0.401. The summed E-state index contributed by atoms with van der Waals surface area (Å²) in [6, 6.07) is 11.7. The number of anilines is 1. The third kappa shape index (κ3) is 1.88. The van der Waals surface area contributed by atoms with E-state index >= 15 is 0 Å². The molecule has 3 rings (SSSR count). The van der Waals surface area contributed by atoms with Crippen molar-refractivity contribution < 1.29 is 0 Å². The summed E-state index contributed by atoms with van der Waals surface area (Å²) < 4.78 is 1.82. The number of fused-ring (bicyclic) bond motifs is 1. The van der Waals surface area contributed by atoms with Crippen LogP contribution in [-0.2, 0) is 6.42 Å². The average molecular weight is 263 g/mol. The van der Waals surface area contributed by atoms with Crippen LogP contribution in [0.5, 0.6) is 0 Å². The molecule has 3 aromatic rings. The molecule has 2 aromatic heterocycles. The Bertz CT molecular complexity index is 809. The first-order chi connectivity index (χ1) is 9.70. The highest BCUT2D eigenvalue weighted by Gasteiger charge is 2.12. The number of nitrogens with zero attached hydrogens (tertiary/aromatic N) is 4. The van der Waals surface area contributed by atoms with Gasteiger partial charge in [-0.05, 0) is 36.2 Å². The summed E-state index contributed by atoms with van der Waals surface area (Å²) in [4.78, 5) is 8.74. The molecule has 0 aliphatic heterocycles. The average Bonchev–Trinajstić information content (AvgIpc) is 2.78. The Hall–Kier alpha value is -2.87. The van der Waals surface area contributed by atoms with Gasteiger partial charge in [0, 0.05) is 6.20 Å². The predicted octanol–water partition coefficient (Wildman–Crippen LogP) is 2.38. The van der Waals surface area contributed by atoms with Crippen molar-refractivity contribution in [1.29, 1.82) is 5.26 Å². The van der Waals surface area contributed by atoms with Crippen LogP contribution in [-0.4, -0.2) is 14.5 Å². The summed E-state index contributed by atoms with van der Waals surface area (Å²) in [6.07, 6.45) is 2.15. The number of nitriles is 1. The highest BCUT2D eigenvalue weighted by molar-refractivity contribution is 5.79. The molecule has 0 unspecified atom stereocenters. The first-order valence-corrected chi connectivity index (χ1v) is 6.26. The highest BCUT2D eigenvalue weighted by atomic mass is 15.2. The Kier molecular flexibility index (Phi) is 2.84. The van der Waals surface area contributed by atoms with E-state index in [-0.39, 0.29) is 0 Å². The third-order valence-corrected chi connectivity index (χ3v) is 3.25. The number of hydrogen-bond acceptors (Lipinski definition) is 4. The van der Waals surface area contributed by atoms with E-state index in [0.29, 0.717) is 12.4 Å². The molecular formula is C15H13N5. The molecule has 1 aromatic carbocycles. The van der Waals surface area contributed by atoms with Crippen LogP contribution in [0, 0.1) is 18.3 Å².